The van der Waals surface area contributed by atoms with Gasteiger partial charge in [0, 0.05) is 33.3 Å². The molecular formula is C28H51N3O4Si. The topological polar surface area (TPSA) is 63.6 Å². The maximum atomic E-state index is 12.2. The summed E-state index contributed by atoms with van der Waals surface area (Å²) in [7, 11) is 2.09. The molecule has 0 spiro atoms. The molecular weight excluding hydrogens is 470 g/mol. The first kappa shape index (κ1) is 32.1. The van der Waals surface area contributed by atoms with Gasteiger partial charge in [-0.25, -0.2) is 4.79 Å². The fourth-order valence-electron chi connectivity index (χ4n) is 3.05. The summed E-state index contributed by atoms with van der Waals surface area (Å²) in [6.45, 7) is 19.9. The van der Waals surface area contributed by atoms with Crippen molar-refractivity contribution in [2.24, 2.45) is 5.16 Å². The second kappa shape index (κ2) is 14.7. The molecule has 1 amide bonds. The number of rotatable bonds is 14. The zero-order chi connectivity index (χ0) is 27.4. The van der Waals surface area contributed by atoms with Gasteiger partial charge in [0.25, 0.3) is 0 Å². The first-order valence-electron chi connectivity index (χ1n) is 13.1. The van der Waals surface area contributed by atoms with Crippen molar-refractivity contribution in [2.75, 3.05) is 40.3 Å². The van der Waals surface area contributed by atoms with E-state index < -0.39 is 13.9 Å². The second-order valence-electron chi connectivity index (χ2n) is 12.1. The van der Waals surface area contributed by atoms with Crippen LogP contribution in [0.4, 0.5) is 4.79 Å². The van der Waals surface area contributed by atoms with Gasteiger partial charge in [-0.05, 0) is 70.8 Å². The summed E-state index contributed by atoms with van der Waals surface area (Å²) in [5.41, 5.74) is 0.524. The first-order valence-corrected chi connectivity index (χ1v) is 16.0. The molecule has 1 aromatic carbocycles. The van der Waals surface area contributed by atoms with E-state index in [1.54, 1.807) is 18.2 Å². The van der Waals surface area contributed by atoms with Crippen molar-refractivity contribution >= 4 is 20.6 Å². The molecule has 0 radical (unpaired) electrons. The van der Waals surface area contributed by atoms with Gasteiger partial charge in [-0.2, -0.15) is 0 Å². The lowest BCUT2D eigenvalue weighted by Crippen LogP contribution is -2.41. The second-order valence-corrected chi connectivity index (χ2v) is 16.9. The van der Waals surface area contributed by atoms with Crippen LogP contribution in [0.3, 0.4) is 0 Å². The largest absolute Gasteiger partial charge is 0.444 e. The van der Waals surface area contributed by atoms with E-state index in [4.69, 9.17) is 14.0 Å². The molecule has 0 unspecified atom stereocenters. The zero-order valence-electron chi connectivity index (χ0n) is 24.5. The average Bonchev–Trinajstić information content (AvgIpc) is 2.76. The Hall–Kier alpha value is -1.90. The molecule has 0 saturated heterocycles. The van der Waals surface area contributed by atoms with Gasteiger partial charge in [0.05, 0.1) is 6.21 Å². The van der Waals surface area contributed by atoms with Crippen LogP contribution >= 0.6 is 0 Å². The van der Waals surface area contributed by atoms with Crippen LogP contribution in [0.1, 0.15) is 66.4 Å². The van der Waals surface area contributed by atoms with Gasteiger partial charge in [-0.3, -0.25) is 0 Å². The van der Waals surface area contributed by atoms with Crippen molar-refractivity contribution in [3.05, 3.63) is 35.9 Å². The van der Waals surface area contributed by atoms with Gasteiger partial charge in [0.15, 0.2) is 8.32 Å². The summed E-state index contributed by atoms with van der Waals surface area (Å²) >= 11 is 0. The van der Waals surface area contributed by atoms with Gasteiger partial charge >= 0.3 is 6.09 Å². The van der Waals surface area contributed by atoms with Crippen molar-refractivity contribution in [2.45, 2.75) is 90.6 Å². The van der Waals surface area contributed by atoms with Crippen LogP contribution in [0, 0.1) is 0 Å². The third-order valence-electron chi connectivity index (χ3n) is 6.51. The Morgan fingerprint density at radius 1 is 1.00 bits per heavy atom. The number of amides is 1. The highest BCUT2D eigenvalue weighted by Crippen LogP contribution is 2.36. The maximum absolute atomic E-state index is 12.2. The van der Waals surface area contributed by atoms with E-state index in [0.717, 1.165) is 44.5 Å². The van der Waals surface area contributed by atoms with Crippen molar-refractivity contribution in [3.8, 4) is 0 Å². The smallest absolute Gasteiger partial charge is 0.410 e. The van der Waals surface area contributed by atoms with Crippen LogP contribution in [0.2, 0.25) is 18.1 Å². The number of hydrogen-bond acceptors (Lipinski definition) is 6. The molecule has 0 aliphatic heterocycles. The minimum Gasteiger partial charge on any atom is -0.444 e. The fraction of sp³-hybridized carbons (Fsp3) is 0.714. The molecule has 1 rings (SSSR count). The summed E-state index contributed by atoms with van der Waals surface area (Å²) in [4.78, 5) is 22.0. The van der Waals surface area contributed by atoms with E-state index >= 15 is 0 Å². The molecule has 0 fully saturated rings. The highest BCUT2D eigenvalue weighted by molar-refractivity contribution is 6.74. The van der Waals surface area contributed by atoms with Gasteiger partial charge < -0.3 is 23.8 Å². The molecule has 0 bridgehead atoms. The molecule has 1 aromatic rings. The highest BCUT2D eigenvalue weighted by atomic mass is 28.4. The molecule has 0 N–H and O–H groups in total. The Balaban J connectivity index is 2.57. The average molecular weight is 522 g/mol. The molecule has 0 heterocycles. The van der Waals surface area contributed by atoms with Crippen LogP contribution in [0.5, 0.6) is 0 Å². The number of ether oxygens (including phenoxy) is 1. The number of carbonyl (C=O) groups excluding carboxylic acids is 1. The van der Waals surface area contributed by atoms with Gasteiger partial charge in [-0.15, -0.1) is 0 Å². The van der Waals surface area contributed by atoms with Gasteiger partial charge in [-0.1, -0.05) is 56.3 Å². The number of oxime groups is 1. The Bertz CT molecular complexity index is 788. The lowest BCUT2D eigenvalue weighted by atomic mass is 10.1. The van der Waals surface area contributed by atoms with E-state index in [-0.39, 0.29) is 17.2 Å². The van der Waals surface area contributed by atoms with Crippen molar-refractivity contribution in [1.29, 1.82) is 0 Å². The van der Waals surface area contributed by atoms with Crippen molar-refractivity contribution in [1.82, 2.24) is 9.80 Å². The van der Waals surface area contributed by atoms with Crippen LogP contribution in [0.25, 0.3) is 0 Å². The zero-order valence-corrected chi connectivity index (χ0v) is 25.5. The van der Waals surface area contributed by atoms with Crippen molar-refractivity contribution < 1.29 is 18.8 Å². The highest BCUT2D eigenvalue weighted by Gasteiger charge is 2.36. The molecule has 0 aliphatic carbocycles. The van der Waals surface area contributed by atoms with Gasteiger partial charge in [0.2, 0.25) is 0 Å². The standard InChI is InChI=1S/C28H51N3O4Si/c1-27(2,3)34-26(32)31(8)21-20-30(7)19-18-25(35-29-23-24-15-12-11-13-16-24)17-14-22-33-36(9,10)28(4,5)6/h11-13,15-16,23,25H,14,17-22H2,1-10H3/b29-23+/t25-/m1/s1. The number of nitrogens with zero attached hydrogens (tertiary/aromatic N) is 3. The summed E-state index contributed by atoms with van der Waals surface area (Å²) in [5, 5.41) is 4.48. The fourth-order valence-corrected chi connectivity index (χ4v) is 4.14. The first-order chi connectivity index (χ1) is 16.6. The van der Waals surface area contributed by atoms with Crippen LogP contribution in [-0.4, -0.2) is 82.5 Å². The molecule has 206 valence electrons. The predicted molar refractivity (Wildman–Crippen MR) is 152 cm³/mol. The number of benzene rings is 1. The lowest BCUT2D eigenvalue weighted by Gasteiger charge is -2.36. The SMILES string of the molecule is CN(CC[C@@H](CCCO[Si](C)(C)C(C)(C)C)O/N=C/c1ccccc1)CCN(C)C(=O)OC(C)(C)C. The third-order valence-corrected chi connectivity index (χ3v) is 11.0. The van der Waals surface area contributed by atoms with Crippen molar-refractivity contribution in [3.63, 3.8) is 0 Å². The number of likely N-dealkylation sites (N-methyl/N-ethyl adjacent to an activating group) is 2. The number of hydrogen-bond donors (Lipinski definition) is 0. The minimum atomic E-state index is -1.75. The maximum Gasteiger partial charge on any atom is 0.410 e. The molecule has 0 saturated carbocycles. The van der Waals surface area contributed by atoms with E-state index in [1.165, 1.54) is 0 Å². The Morgan fingerprint density at radius 2 is 1.64 bits per heavy atom. The summed E-state index contributed by atoms with van der Waals surface area (Å²) < 4.78 is 11.8. The van der Waals surface area contributed by atoms with Crippen LogP contribution < -0.4 is 0 Å². The van der Waals surface area contributed by atoms with Crippen LogP contribution in [0.15, 0.2) is 35.5 Å². The van der Waals surface area contributed by atoms with Gasteiger partial charge in [0.1, 0.15) is 11.7 Å². The molecule has 0 aliphatic rings. The van der Waals surface area contributed by atoms with E-state index in [2.05, 4.69) is 51.0 Å². The van der Waals surface area contributed by atoms with E-state index in [1.807, 2.05) is 51.1 Å². The quantitative estimate of drug-likeness (QED) is 0.123. The number of carbonyl (C=O) groups is 1. The minimum absolute atomic E-state index is 0.000914. The molecule has 36 heavy (non-hydrogen) atoms. The third kappa shape index (κ3) is 13.4. The molecule has 8 heteroatoms. The normalized spacial score (nSPS) is 13.8. The Kier molecular flexibility index (Phi) is 13.2. The summed E-state index contributed by atoms with van der Waals surface area (Å²) in [6.07, 6.45) is 4.13. The van der Waals surface area contributed by atoms with E-state index in [9.17, 15) is 4.79 Å². The van der Waals surface area contributed by atoms with Crippen LogP contribution in [-0.2, 0) is 14.0 Å². The Morgan fingerprint density at radius 3 is 2.22 bits per heavy atom. The lowest BCUT2D eigenvalue weighted by molar-refractivity contribution is 0.0264. The monoisotopic (exact) mass is 521 g/mol. The molecule has 0 aromatic heterocycles. The van der Waals surface area contributed by atoms with E-state index in [0.29, 0.717) is 6.54 Å². The molecule has 7 nitrogen and oxygen atoms in total. The molecule has 1 atom stereocenters. The summed E-state index contributed by atoms with van der Waals surface area (Å²) in [5.74, 6) is 0. The predicted octanol–water partition coefficient (Wildman–Crippen LogP) is 6.40. The Labute approximate surface area is 221 Å². The summed E-state index contributed by atoms with van der Waals surface area (Å²) in [6, 6.07) is 9.97.